The van der Waals surface area contributed by atoms with Crippen molar-refractivity contribution in [2.45, 2.75) is 38.8 Å². The maximum atomic E-state index is 13.2. The van der Waals surface area contributed by atoms with E-state index in [9.17, 15) is 19.5 Å². The summed E-state index contributed by atoms with van der Waals surface area (Å²) in [6.07, 6.45) is -1.18. The zero-order valence-electron chi connectivity index (χ0n) is 19.2. The molecule has 2 aromatic rings. The predicted molar refractivity (Wildman–Crippen MR) is 127 cm³/mol. The lowest BCUT2D eigenvalue weighted by atomic mass is 9.94. The molecule has 2 unspecified atom stereocenters. The zero-order chi connectivity index (χ0) is 24.1. The molecule has 0 bridgehead atoms. The first kappa shape index (κ1) is 24.3. The monoisotopic (exact) mass is 452 g/mol. The molecule has 2 aromatic carbocycles. The van der Waals surface area contributed by atoms with Crippen molar-refractivity contribution in [1.29, 1.82) is 0 Å². The molecule has 3 rings (SSSR count). The molecule has 1 aliphatic carbocycles. The second-order valence-electron chi connectivity index (χ2n) is 8.66. The van der Waals surface area contributed by atoms with Gasteiger partial charge in [-0.1, -0.05) is 62.4 Å². The number of nitrogens with two attached hydrogens (primary N) is 1. The lowest BCUT2D eigenvalue weighted by Gasteiger charge is -2.34. The van der Waals surface area contributed by atoms with E-state index in [-0.39, 0.29) is 30.8 Å². The van der Waals surface area contributed by atoms with Gasteiger partial charge in [0.1, 0.15) is 12.1 Å². The number of carboxylic acid groups (broad SMARTS) is 1. The Labute approximate surface area is 194 Å². The van der Waals surface area contributed by atoms with E-state index in [4.69, 9.17) is 5.73 Å². The maximum absolute atomic E-state index is 13.2. The molecular formula is C25H32N4O4. The van der Waals surface area contributed by atoms with E-state index in [1.807, 2.05) is 48.5 Å². The second-order valence-corrected chi connectivity index (χ2v) is 8.66. The Morgan fingerprint density at radius 2 is 1.52 bits per heavy atom. The molecule has 0 aromatic heterocycles. The molecule has 33 heavy (non-hydrogen) atoms. The molecular weight excluding hydrogens is 420 g/mol. The van der Waals surface area contributed by atoms with E-state index in [1.54, 1.807) is 20.8 Å². The van der Waals surface area contributed by atoms with Gasteiger partial charge >= 0.3 is 6.09 Å². The Balaban J connectivity index is 1.87. The van der Waals surface area contributed by atoms with E-state index in [1.165, 1.54) is 4.90 Å². The van der Waals surface area contributed by atoms with Crippen LogP contribution in [0.5, 0.6) is 0 Å². The van der Waals surface area contributed by atoms with Crippen molar-refractivity contribution in [2.75, 3.05) is 19.6 Å². The van der Waals surface area contributed by atoms with Crippen molar-refractivity contribution in [1.82, 2.24) is 15.5 Å². The smallest absolute Gasteiger partial charge is 0.408 e. The standard InChI is InChI=1S/C25H32N4O4/c1-15(2)22(24(31)28-16(3)23(30)27-13-12-26)29(25(32)33)14-21-19-10-6-4-8-17(19)18-9-5-7-11-20(18)21/h4-11,15-16,21-22H,12-14,26H2,1-3H3,(H,27,30)(H,28,31)(H,32,33). The lowest BCUT2D eigenvalue weighted by molar-refractivity contribution is -0.132. The molecule has 0 heterocycles. The molecule has 0 saturated carbocycles. The minimum atomic E-state index is -1.18. The maximum Gasteiger partial charge on any atom is 0.408 e. The summed E-state index contributed by atoms with van der Waals surface area (Å²) in [5, 5.41) is 15.4. The average Bonchev–Trinajstić information content (AvgIpc) is 3.10. The number of nitrogens with one attached hydrogen (secondary N) is 2. The van der Waals surface area contributed by atoms with Crippen LogP contribution in [0.3, 0.4) is 0 Å². The number of carbonyl (C=O) groups is 3. The average molecular weight is 453 g/mol. The van der Waals surface area contributed by atoms with Gasteiger partial charge in [0.25, 0.3) is 0 Å². The fourth-order valence-corrected chi connectivity index (χ4v) is 4.48. The van der Waals surface area contributed by atoms with Gasteiger partial charge in [-0.05, 0) is 35.1 Å². The van der Waals surface area contributed by atoms with Crippen LogP contribution in [-0.4, -0.2) is 59.6 Å². The molecule has 1 aliphatic rings. The number of carbonyl (C=O) groups excluding carboxylic acids is 2. The third kappa shape index (κ3) is 5.17. The highest BCUT2D eigenvalue weighted by molar-refractivity contribution is 5.91. The minimum absolute atomic E-state index is 0.132. The van der Waals surface area contributed by atoms with Crippen LogP contribution in [-0.2, 0) is 9.59 Å². The fraction of sp³-hybridized carbons (Fsp3) is 0.400. The normalized spacial score (nSPS) is 14.2. The number of rotatable bonds is 9. The summed E-state index contributed by atoms with van der Waals surface area (Å²) >= 11 is 0. The Morgan fingerprint density at radius 1 is 0.970 bits per heavy atom. The van der Waals surface area contributed by atoms with Gasteiger partial charge in [0.05, 0.1) is 0 Å². The van der Waals surface area contributed by atoms with E-state index >= 15 is 0 Å². The number of nitrogens with zero attached hydrogens (tertiary/aromatic N) is 1. The SMILES string of the molecule is CC(NC(=O)C(C(C)C)N(CC1c2ccccc2-c2ccccc21)C(=O)O)C(=O)NCCN. The number of hydrogen-bond acceptors (Lipinski definition) is 4. The molecule has 0 saturated heterocycles. The third-order valence-electron chi connectivity index (χ3n) is 6.02. The van der Waals surface area contributed by atoms with Crippen LogP contribution in [0.1, 0.15) is 37.8 Å². The molecule has 8 nitrogen and oxygen atoms in total. The van der Waals surface area contributed by atoms with Gasteiger partial charge in [-0.2, -0.15) is 0 Å². The summed E-state index contributed by atoms with van der Waals surface area (Å²) in [5.74, 6) is -1.35. The van der Waals surface area contributed by atoms with Crippen molar-refractivity contribution >= 4 is 17.9 Å². The molecule has 0 spiro atoms. The fourth-order valence-electron chi connectivity index (χ4n) is 4.48. The predicted octanol–water partition coefficient (Wildman–Crippen LogP) is 2.38. The molecule has 3 amide bonds. The molecule has 5 N–H and O–H groups in total. The van der Waals surface area contributed by atoms with E-state index in [0.717, 1.165) is 22.3 Å². The summed E-state index contributed by atoms with van der Waals surface area (Å²) in [6, 6.07) is 14.1. The lowest BCUT2D eigenvalue weighted by Crippen LogP contribution is -2.56. The number of hydrogen-bond donors (Lipinski definition) is 4. The first-order valence-electron chi connectivity index (χ1n) is 11.2. The third-order valence-corrected chi connectivity index (χ3v) is 6.02. The van der Waals surface area contributed by atoms with Crippen LogP contribution in [0.2, 0.25) is 0 Å². The first-order valence-corrected chi connectivity index (χ1v) is 11.2. The largest absolute Gasteiger partial charge is 0.465 e. The summed E-state index contributed by atoms with van der Waals surface area (Å²) in [6.45, 7) is 5.89. The van der Waals surface area contributed by atoms with Gasteiger partial charge in [0.15, 0.2) is 0 Å². The Kier molecular flexibility index (Phi) is 7.71. The molecule has 0 fully saturated rings. The highest BCUT2D eigenvalue weighted by Gasteiger charge is 2.38. The Bertz CT molecular complexity index is 977. The van der Waals surface area contributed by atoms with Crippen LogP contribution in [0.25, 0.3) is 11.1 Å². The van der Waals surface area contributed by atoms with Crippen LogP contribution in [0, 0.1) is 5.92 Å². The summed E-state index contributed by atoms with van der Waals surface area (Å²) < 4.78 is 0. The molecule has 0 radical (unpaired) electrons. The number of fused-ring (bicyclic) bond motifs is 3. The number of benzene rings is 2. The van der Waals surface area contributed by atoms with Gasteiger partial charge in [-0.15, -0.1) is 0 Å². The van der Waals surface area contributed by atoms with Gasteiger partial charge in [-0.3, -0.25) is 14.5 Å². The summed E-state index contributed by atoms with van der Waals surface area (Å²) in [7, 11) is 0. The topological polar surface area (TPSA) is 125 Å². The molecule has 176 valence electrons. The molecule has 8 heteroatoms. The Hall–Kier alpha value is -3.39. The zero-order valence-corrected chi connectivity index (χ0v) is 19.2. The number of amides is 3. The molecule has 0 aliphatic heterocycles. The minimum Gasteiger partial charge on any atom is -0.465 e. The van der Waals surface area contributed by atoms with Crippen LogP contribution in [0.4, 0.5) is 4.79 Å². The van der Waals surface area contributed by atoms with Crippen molar-refractivity contribution in [3.8, 4) is 11.1 Å². The highest BCUT2D eigenvalue weighted by Crippen LogP contribution is 2.45. The van der Waals surface area contributed by atoms with Crippen LogP contribution >= 0.6 is 0 Å². The second kappa shape index (κ2) is 10.5. The van der Waals surface area contributed by atoms with E-state index in [0.29, 0.717) is 6.54 Å². The first-order chi connectivity index (χ1) is 15.8. The van der Waals surface area contributed by atoms with Gasteiger partial charge in [-0.25, -0.2) is 4.79 Å². The van der Waals surface area contributed by atoms with E-state index in [2.05, 4.69) is 10.6 Å². The van der Waals surface area contributed by atoms with Crippen molar-refractivity contribution in [3.63, 3.8) is 0 Å². The van der Waals surface area contributed by atoms with Crippen LogP contribution < -0.4 is 16.4 Å². The van der Waals surface area contributed by atoms with Gasteiger partial charge in [0, 0.05) is 25.6 Å². The van der Waals surface area contributed by atoms with Gasteiger partial charge < -0.3 is 21.5 Å². The van der Waals surface area contributed by atoms with Crippen LogP contribution in [0.15, 0.2) is 48.5 Å². The summed E-state index contributed by atoms with van der Waals surface area (Å²) in [5.41, 5.74) is 9.66. The Morgan fingerprint density at radius 3 is 2.00 bits per heavy atom. The van der Waals surface area contributed by atoms with Gasteiger partial charge in [0.2, 0.25) is 11.8 Å². The quantitative estimate of drug-likeness (QED) is 0.465. The van der Waals surface area contributed by atoms with E-state index < -0.39 is 24.1 Å². The summed E-state index contributed by atoms with van der Waals surface area (Å²) in [4.78, 5) is 38.9. The van der Waals surface area contributed by atoms with Crippen molar-refractivity contribution in [2.24, 2.45) is 11.7 Å². The highest BCUT2D eigenvalue weighted by atomic mass is 16.4. The molecule has 2 atom stereocenters. The van der Waals surface area contributed by atoms with Crippen molar-refractivity contribution < 1.29 is 19.5 Å². The van der Waals surface area contributed by atoms with Crippen molar-refractivity contribution in [3.05, 3.63) is 59.7 Å².